The highest BCUT2D eigenvalue weighted by Crippen LogP contribution is 2.28. The summed E-state index contributed by atoms with van der Waals surface area (Å²) in [6, 6.07) is 7.40. The van der Waals surface area contributed by atoms with Gasteiger partial charge < -0.3 is 10.3 Å². The van der Waals surface area contributed by atoms with Crippen molar-refractivity contribution in [3.63, 3.8) is 0 Å². The zero-order valence-corrected chi connectivity index (χ0v) is 17.8. The fourth-order valence-corrected chi connectivity index (χ4v) is 4.56. The molecule has 1 amide bonds. The quantitative estimate of drug-likeness (QED) is 0.635. The molecule has 1 unspecified atom stereocenters. The molecule has 1 fully saturated rings. The lowest BCUT2D eigenvalue weighted by molar-refractivity contribution is 0.0763. The molecular weight excluding hydrogens is 384 g/mol. The molecule has 0 spiro atoms. The maximum Gasteiger partial charge on any atom is 0.253 e. The second-order valence-electron chi connectivity index (χ2n) is 8.54. The second-order valence-corrected chi connectivity index (χ2v) is 9.48. The average molecular weight is 411 g/mol. The number of amides is 1. The van der Waals surface area contributed by atoms with Gasteiger partial charge in [-0.15, -0.1) is 11.3 Å². The zero-order chi connectivity index (χ0) is 20.6. The standard InChI is InChI=1S/C22H26N4O2S/c1-22(2,3)26-10-4-6-15(12-26)23-21(28)16-9-8-14(13-27)18-19(16)25-20(24-18)17-7-5-11-29-17/h5,7-9,11,13,15H,4,6,10,12H2,1-3H3,(H,23,28)(H,24,25). The minimum atomic E-state index is -0.130. The number of hydrogen-bond donors (Lipinski definition) is 2. The van der Waals surface area contributed by atoms with E-state index in [1.54, 1.807) is 23.5 Å². The largest absolute Gasteiger partial charge is 0.348 e. The lowest BCUT2D eigenvalue weighted by Crippen LogP contribution is -2.53. The molecule has 6 nitrogen and oxygen atoms in total. The number of fused-ring (bicyclic) bond motifs is 1. The summed E-state index contributed by atoms with van der Waals surface area (Å²) in [4.78, 5) is 35.8. The number of nitrogens with zero attached hydrogens (tertiary/aromatic N) is 2. The Labute approximate surface area is 174 Å². The summed E-state index contributed by atoms with van der Waals surface area (Å²) in [5, 5.41) is 5.17. The van der Waals surface area contributed by atoms with Crippen LogP contribution >= 0.6 is 11.3 Å². The Morgan fingerprint density at radius 1 is 1.34 bits per heavy atom. The molecule has 2 aromatic heterocycles. The van der Waals surface area contributed by atoms with Crippen LogP contribution in [-0.4, -0.2) is 51.7 Å². The number of rotatable bonds is 4. The Bertz CT molecular complexity index is 1030. The molecule has 0 aliphatic carbocycles. The highest BCUT2D eigenvalue weighted by molar-refractivity contribution is 7.13. The molecule has 1 aromatic carbocycles. The Morgan fingerprint density at radius 2 is 2.17 bits per heavy atom. The minimum Gasteiger partial charge on any atom is -0.348 e. The average Bonchev–Trinajstić information content (AvgIpc) is 3.36. The van der Waals surface area contributed by atoms with Crippen LogP contribution in [0.5, 0.6) is 0 Å². The molecule has 1 aliphatic rings. The van der Waals surface area contributed by atoms with Gasteiger partial charge in [0.2, 0.25) is 0 Å². The van der Waals surface area contributed by atoms with Crippen LogP contribution in [0.25, 0.3) is 21.7 Å². The molecule has 2 N–H and O–H groups in total. The molecule has 4 rings (SSSR count). The molecule has 29 heavy (non-hydrogen) atoms. The van der Waals surface area contributed by atoms with Gasteiger partial charge in [-0.1, -0.05) is 6.07 Å². The van der Waals surface area contributed by atoms with Crippen molar-refractivity contribution >= 4 is 34.6 Å². The third kappa shape index (κ3) is 3.97. The van der Waals surface area contributed by atoms with Gasteiger partial charge in [0.25, 0.3) is 5.91 Å². The fourth-order valence-electron chi connectivity index (χ4n) is 3.89. The number of imidazole rings is 1. The van der Waals surface area contributed by atoms with E-state index < -0.39 is 0 Å². The molecule has 0 radical (unpaired) electrons. The van der Waals surface area contributed by atoms with Crippen molar-refractivity contribution in [3.8, 4) is 10.7 Å². The molecule has 3 heterocycles. The number of aromatic amines is 1. The maximum absolute atomic E-state index is 13.1. The first-order chi connectivity index (χ1) is 13.9. The number of thiophene rings is 1. The maximum atomic E-state index is 13.1. The Hall–Kier alpha value is -2.51. The van der Waals surface area contributed by atoms with Crippen molar-refractivity contribution in [2.24, 2.45) is 0 Å². The molecule has 1 aliphatic heterocycles. The van der Waals surface area contributed by atoms with Crippen LogP contribution in [0.3, 0.4) is 0 Å². The summed E-state index contributed by atoms with van der Waals surface area (Å²) < 4.78 is 0. The number of carbonyl (C=O) groups is 2. The minimum absolute atomic E-state index is 0.0846. The van der Waals surface area contributed by atoms with Crippen LogP contribution in [0.1, 0.15) is 54.3 Å². The SMILES string of the molecule is CC(C)(C)N1CCCC(NC(=O)c2ccc(C=O)c3nc(-c4cccs4)[nH]c23)C1. The number of piperidine rings is 1. The molecule has 1 saturated heterocycles. The summed E-state index contributed by atoms with van der Waals surface area (Å²) in [6.07, 6.45) is 2.82. The smallest absolute Gasteiger partial charge is 0.253 e. The predicted molar refractivity (Wildman–Crippen MR) is 117 cm³/mol. The number of carbonyl (C=O) groups excluding carboxylic acids is 2. The van der Waals surface area contributed by atoms with Gasteiger partial charge in [0.05, 0.1) is 16.0 Å². The van der Waals surface area contributed by atoms with Crippen LogP contribution in [0, 0.1) is 0 Å². The van der Waals surface area contributed by atoms with E-state index in [1.807, 2.05) is 17.5 Å². The highest BCUT2D eigenvalue weighted by atomic mass is 32.1. The summed E-state index contributed by atoms with van der Waals surface area (Å²) in [7, 11) is 0. The van der Waals surface area contributed by atoms with Crippen molar-refractivity contribution < 1.29 is 9.59 Å². The number of aromatic nitrogens is 2. The first kappa shape index (κ1) is 19.8. The van der Waals surface area contributed by atoms with Crippen LogP contribution in [0.4, 0.5) is 0 Å². The lowest BCUT2D eigenvalue weighted by atomic mass is 9.98. The van der Waals surface area contributed by atoms with Crippen LogP contribution in [0.2, 0.25) is 0 Å². The van der Waals surface area contributed by atoms with Crippen molar-refractivity contribution in [1.82, 2.24) is 20.2 Å². The van der Waals surface area contributed by atoms with E-state index in [9.17, 15) is 9.59 Å². The molecule has 3 aromatic rings. The molecule has 0 bridgehead atoms. The first-order valence-corrected chi connectivity index (χ1v) is 10.8. The van der Waals surface area contributed by atoms with Gasteiger partial charge in [-0.05, 0) is 63.7 Å². The normalized spacial score (nSPS) is 18.1. The molecular formula is C22H26N4O2S. The van der Waals surface area contributed by atoms with Crippen molar-refractivity contribution in [2.75, 3.05) is 13.1 Å². The Morgan fingerprint density at radius 3 is 2.86 bits per heavy atom. The van der Waals surface area contributed by atoms with Crippen LogP contribution in [-0.2, 0) is 0 Å². The van der Waals surface area contributed by atoms with Gasteiger partial charge in [-0.2, -0.15) is 0 Å². The van der Waals surface area contributed by atoms with Crippen molar-refractivity contribution in [2.45, 2.75) is 45.2 Å². The first-order valence-electron chi connectivity index (χ1n) is 9.94. The summed E-state index contributed by atoms with van der Waals surface area (Å²) in [5.74, 6) is 0.546. The topological polar surface area (TPSA) is 78.1 Å². The second kappa shape index (κ2) is 7.72. The number of hydrogen-bond acceptors (Lipinski definition) is 5. The fraction of sp³-hybridized carbons (Fsp3) is 0.409. The van der Waals surface area contributed by atoms with E-state index in [4.69, 9.17) is 0 Å². The van der Waals surface area contributed by atoms with E-state index in [-0.39, 0.29) is 17.5 Å². The van der Waals surface area contributed by atoms with Gasteiger partial charge in [0.1, 0.15) is 11.3 Å². The number of benzene rings is 1. The van der Waals surface area contributed by atoms with Gasteiger partial charge in [-0.3, -0.25) is 14.5 Å². The van der Waals surface area contributed by atoms with Crippen molar-refractivity contribution in [1.29, 1.82) is 0 Å². The van der Waals surface area contributed by atoms with Gasteiger partial charge in [-0.25, -0.2) is 4.98 Å². The lowest BCUT2D eigenvalue weighted by Gasteiger charge is -2.41. The van der Waals surface area contributed by atoms with Gasteiger partial charge >= 0.3 is 0 Å². The summed E-state index contributed by atoms with van der Waals surface area (Å²) in [5.41, 5.74) is 2.23. The third-order valence-electron chi connectivity index (χ3n) is 5.51. The Kier molecular flexibility index (Phi) is 5.27. The predicted octanol–water partition coefficient (Wildman–Crippen LogP) is 4.10. The highest BCUT2D eigenvalue weighted by Gasteiger charge is 2.29. The number of H-pyrrole nitrogens is 1. The van der Waals surface area contributed by atoms with Crippen LogP contribution in [0.15, 0.2) is 29.6 Å². The summed E-state index contributed by atoms with van der Waals surface area (Å²) in [6.45, 7) is 8.51. The van der Waals surface area contributed by atoms with E-state index in [0.29, 0.717) is 28.0 Å². The van der Waals surface area contributed by atoms with Gasteiger partial charge in [0.15, 0.2) is 6.29 Å². The van der Waals surface area contributed by atoms with E-state index in [0.717, 1.165) is 37.1 Å². The molecule has 152 valence electrons. The van der Waals surface area contributed by atoms with Gasteiger partial charge in [0, 0.05) is 23.7 Å². The third-order valence-corrected chi connectivity index (χ3v) is 6.38. The number of aldehydes is 1. The molecule has 1 atom stereocenters. The van der Waals surface area contributed by atoms with E-state index in [2.05, 4.69) is 41.0 Å². The molecule has 0 saturated carbocycles. The number of likely N-dealkylation sites (tertiary alicyclic amines) is 1. The number of nitrogens with one attached hydrogen (secondary N) is 2. The van der Waals surface area contributed by atoms with E-state index >= 15 is 0 Å². The van der Waals surface area contributed by atoms with Crippen molar-refractivity contribution in [3.05, 3.63) is 40.8 Å². The van der Waals surface area contributed by atoms with E-state index in [1.165, 1.54) is 0 Å². The van der Waals surface area contributed by atoms with Crippen LogP contribution < -0.4 is 5.32 Å². The summed E-state index contributed by atoms with van der Waals surface area (Å²) >= 11 is 1.56. The molecule has 7 heteroatoms. The Balaban J connectivity index is 1.63. The zero-order valence-electron chi connectivity index (χ0n) is 17.0. The monoisotopic (exact) mass is 410 g/mol.